The number of nitrogens with one attached hydrogen (secondary N) is 1. The Balaban J connectivity index is 1.81. The van der Waals surface area contributed by atoms with E-state index in [2.05, 4.69) is 31.3 Å². The van der Waals surface area contributed by atoms with Crippen molar-refractivity contribution in [2.24, 2.45) is 0 Å². The van der Waals surface area contributed by atoms with Crippen molar-refractivity contribution in [3.63, 3.8) is 0 Å². The molecule has 0 spiro atoms. The van der Waals surface area contributed by atoms with Gasteiger partial charge < -0.3 is 9.84 Å². The van der Waals surface area contributed by atoms with E-state index in [1.54, 1.807) is 36.6 Å². The molecule has 2 heterocycles. The van der Waals surface area contributed by atoms with Gasteiger partial charge in [-0.25, -0.2) is 4.98 Å². The van der Waals surface area contributed by atoms with Gasteiger partial charge in [-0.1, -0.05) is 15.9 Å². The molecular weight excluding hydrogens is 464 g/mol. The van der Waals surface area contributed by atoms with Crippen LogP contribution in [0.1, 0.15) is 23.1 Å². The lowest BCUT2D eigenvalue weighted by Gasteiger charge is -2.08. The van der Waals surface area contributed by atoms with Crippen LogP contribution in [0, 0.1) is 0 Å². The number of nitrogens with zero attached hydrogens (tertiary/aromatic N) is 3. The zero-order valence-corrected chi connectivity index (χ0v) is 17.5. The monoisotopic (exact) mass is 478 g/mol. The Morgan fingerprint density at radius 2 is 2.03 bits per heavy atom. The predicted octanol–water partition coefficient (Wildman–Crippen LogP) is 2.52. The van der Waals surface area contributed by atoms with Crippen molar-refractivity contribution < 1.29 is 19.4 Å². The van der Waals surface area contributed by atoms with Gasteiger partial charge in [0.15, 0.2) is 16.6 Å². The minimum atomic E-state index is -0.745. The first-order valence-corrected chi connectivity index (χ1v) is 10.0. The highest BCUT2D eigenvalue weighted by molar-refractivity contribution is 9.10. The highest BCUT2D eigenvalue weighted by atomic mass is 79.9. The van der Waals surface area contributed by atoms with Crippen LogP contribution in [0.25, 0.3) is 5.69 Å². The molecule has 3 aromatic rings. The Kier molecular flexibility index (Phi) is 6.39. The molecule has 0 radical (unpaired) electrons. The van der Waals surface area contributed by atoms with E-state index in [9.17, 15) is 19.5 Å². The molecule has 3 rings (SSSR count). The molecule has 1 aromatic carbocycles. The molecule has 0 unspecified atom stereocenters. The van der Waals surface area contributed by atoms with E-state index >= 15 is 0 Å². The summed E-state index contributed by atoms with van der Waals surface area (Å²) < 4.78 is 6.68. The smallest absolute Gasteiger partial charge is 0.311 e. The van der Waals surface area contributed by atoms with Crippen LogP contribution < -0.4 is 10.9 Å². The quantitative estimate of drug-likeness (QED) is 0.521. The Morgan fingerprint density at radius 1 is 1.31 bits per heavy atom. The number of hydrogen-bond donors (Lipinski definition) is 2. The molecule has 2 aromatic heterocycles. The second kappa shape index (κ2) is 8.97. The summed E-state index contributed by atoms with van der Waals surface area (Å²) >= 11 is 4.41. The third kappa shape index (κ3) is 5.06. The largest absolute Gasteiger partial charge is 0.505 e. The lowest BCUT2D eigenvalue weighted by atomic mass is 10.3. The summed E-state index contributed by atoms with van der Waals surface area (Å²) in [6, 6.07) is 7.63. The van der Waals surface area contributed by atoms with Crippen molar-refractivity contribution in [2.75, 3.05) is 11.9 Å². The predicted molar refractivity (Wildman–Crippen MR) is 110 cm³/mol. The normalized spacial score (nSPS) is 10.6. The molecule has 0 aliphatic heterocycles. The first-order chi connectivity index (χ1) is 13.9. The summed E-state index contributed by atoms with van der Waals surface area (Å²) in [6.45, 7) is 1.98. The number of carbonyl (C=O) groups is 2. The van der Waals surface area contributed by atoms with Crippen LogP contribution in [0.5, 0.6) is 5.75 Å². The summed E-state index contributed by atoms with van der Waals surface area (Å²) in [5.41, 5.74) is -0.0546. The van der Waals surface area contributed by atoms with Crippen LogP contribution in [-0.4, -0.2) is 38.4 Å². The van der Waals surface area contributed by atoms with Crippen LogP contribution in [0.4, 0.5) is 5.13 Å². The molecule has 9 nitrogen and oxygen atoms in total. The number of halogens is 1. The van der Waals surface area contributed by atoms with E-state index in [0.29, 0.717) is 11.4 Å². The molecule has 0 atom stereocenters. The Labute approximate surface area is 177 Å². The summed E-state index contributed by atoms with van der Waals surface area (Å²) in [5.74, 6) is -1.72. The number of aromatic hydroxyl groups is 1. The second-order valence-corrected chi connectivity index (χ2v) is 7.46. The highest BCUT2D eigenvalue weighted by Crippen LogP contribution is 2.20. The summed E-state index contributed by atoms with van der Waals surface area (Å²) in [7, 11) is 0. The Morgan fingerprint density at radius 3 is 2.72 bits per heavy atom. The molecular formula is C18H15BrN4O5S. The maximum atomic E-state index is 12.5. The zero-order valence-electron chi connectivity index (χ0n) is 15.1. The fourth-order valence-corrected chi connectivity index (χ4v) is 3.31. The van der Waals surface area contributed by atoms with Gasteiger partial charge in [0, 0.05) is 15.9 Å². The SMILES string of the molecule is CCOC(=O)Cc1csc(NC(=O)c2nn(-c3ccc(Br)cc3)c(=O)cc2O)n1. The molecule has 0 aliphatic rings. The first-order valence-electron chi connectivity index (χ1n) is 8.38. The van der Waals surface area contributed by atoms with Crippen molar-refractivity contribution in [3.05, 3.63) is 61.9 Å². The number of benzene rings is 1. The number of anilines is 1. The number of ether oxygens (including phenoxy) is 1. The fourth-order valence-electron chi connectivity index (χ4n) is 2.34. The van der Waals surface area contributed by atoms with Gasteiger partial charge in [0.25, 0.3) is 11.5 Å². The van der Waals surface area contributed by atoms with Crippen LogP contribution in [0.2, 0.25) is 0 Å². The van der Waals surface area contributed by atoms with Gasteiger partial charge in [0.2, 0.25) is 0 Å². The molecule has 0 fully saturated rings. The Bertz CT molecular complexity index is 1110. The van der Waals surface area contributed by atoms with E-state index in [0.717, 1.165) is 26.6 Å². The number of aromatic nitrogens is 3. The zero-order chi connectivity index (χ0) is 21.0. The summed E-state index contributed by atoms with van der Waals surface area (Å²) in [4.78, 5) is 40.3. The van der Waals surface area contributed by atoms with E-state index in [1.165, 1.54) is 0 Å². The van der Waals surface area contributed by atoms with E-state index in [1.807, 2.05) is 0 Å². The molecule has 150 valence electrons. The van der Waals surface area contributed by atoms with Gasteiger partial charge in [0.05, 0.1) is 24.4 Å². The highest BCUT2D eigenvalue weighted by Gasteiger charge is 2.19. The van der Waals surface area contributed by atoms with Crippen LogP contribution in [0.15, 0.2) is 45.0 Å². The van der Waals surface area contributed by atoms with Crippen LogP contribution >= 0.6 is 27.3 Å². The topological polar surface area (TPSA) is 123 Å². The van der Waals surface area contributed by atoms with Crippen LogP contribution in [-0.2, 0) is 16.0 Å². The van der Waals surface area contributed by atoms with Gasteiger partial charge in [-0.15, -0.1) is 11.3 Å². The average Bonchev–Trinajstić information content (AvgIpc) is 3.09. The van der Waals surface area contributed by atoms with Gasteiger partial charge in [0.1, 0.15) is 0 Å². The second-order valence-electron chi connectivity index (χ2n) is 5.68. The maximum Gasteiger partial charge on any atom is 0.311 e. The number of carbonyl (C=O) groups excluding carboxylic acids is 2. The lowest BCUT2D eigenvalue weighted by Crippen LogP contribution is -2.25. The van der Waals surface area contributed by atoms with Crippen molar-refractivity contribution in [1.82, 2.24) is 14.8 Å². The van der Waals surface area contributed by atoms with E-state index in [4.69, 9.17) is 4.74 Å². The van der Waals surface area contributed by atoms with Gasteiger partial charge in [-0.05, 0) is 31.2 Å². The molecule has 0 bridgehead atoms. The molecule has 1 amide bonds. The van der Waals surface area contributed by atoms with Crippen molar-refractivity contribution >= 4 is 44.3 Å². The van der Waals surface area contributed by atoms with Crippen molar-refractivity contribution in [2.45, 2.75) is 13.3 Å². The van der Waals surface area contributed by atoms with Crippen molar-refractivity contribution in [1.29, 1.82) is 0 Å². The molecule has 0 saturated heterocycles. The van der Waals surface area contributed by atoms with E-state index in [-0.39, 0.29) is 23.9 Å². The summed E-state index contributed by atoms with van der Waals surface area (Å²) in [6.07, 6.45) is -0.0157. The standard InChI is InChI=1S/C18H15BrN4O5S/c1-2-28-15(26)7-11-9-29-18(20-11)21-17(27)16-13(24)8-14(25)23(22-16)12-5-3-10(19)4-6-12/h3-6,8-9,24H,2,7H2,1H3,(H,20,21,27). The molecule has 0 aliphatic carbocycles. The van der Waals surface area contributed by atoms with Crippen molar-refractivity contribution in [3.8, 4) is 11.4 Å². The van der Waals surface area contributed by atoms with E-state index < -0.39 is 23.2 Å². The molecule has 2 N–H and O–H groups in total. The Hall–Kier alpha value is -3.05. The van der Waals surface area contributed by atoms with Gasteiger partial charge in [-0.3, -0.25) is 19.7 Å². The number of hydrogen-bond acceptors (Lipinski definition) is 8. The third-order valence-corrected chi connectivity index (χ3v) is 4.94. The molecule has 29 heavy (non-hydrogen) atoms. The maximum absolute atomic E-state index is 12.5. The van der Waals surface area contributed by atoms with Gasteiger partial charge >= 0.3 is 5.97 Å². The fraction of sp³-hybridized carbons (Fsp3) is 0.167. The molecule has 0 saturated carbocycles. The number of amides is 1. The molecule has 11 heteroatoms. The van der Waals surface area contributed by atoms with Gasteiger partial charge in [-0.2, -0.15) is 9.78 Å². The number of esters is 1. The minimum absolute atomic E-state index is 0.0157. The summed E-state index contributed by atoms with van der Waals surface area (Å²) in [5, 5.41) is 18.3. The average molecular weight is 479 g/mol. The van der Waals surface area contributed by atoms with Crippen LogP contribution in [0.3, 0.4) is 0 Å². The minimum Gasteiger partial charge on any atom is -0.505 e. The third-order valence-electron chi connectivity index (χ3n) is 3.60. The lowest BCUT2D eigenvalue weighted by molar-refractivity contribution is -0.142. The first kappa shape index (κ1) is 20.7. The number of rotatable bonds is 6. The number of thiazole rings is 1.